The van der Waals surface area contributed by atoms with Gasteiger partial charge in [-0.05, 0) is 70.6 Å². The number of phosphoric ester groups is 1. The van der Waals surface area contributed by atoms with Gasteiger partial charge in [0.1, 0.15) is 12.4 Å². The number of carbonyl (C=O) groups excluding carboxylic acids is 3. The van der Waals surface area contributed by atoms with Crippen molar-refractivity contribution in [2.75, 3.05) is 26.4 Å². The summed E-state index contributed by atoms with van der Waals surface area (Å²) in [4.78, 5) is 47.6. The van der Waals surface area contributed by atoms with Crippen LogP contribution in [-0.2, 0) is 37.5 Å². The number of unbranched alkanes of at least 4 members (excludes halogenated alkanes) is 6. The molecule has 0 bridgehead atoms. The molecule has 0 aromatic carbocycles. The predicted molar refractivity (Wildman–Crippen MR) is 239 cm³/mol. The fourth-order valence-electron chi connectivity index (χ4n) is 6.24. The van der Waals surface area contributed by atoms with Crippen molar-refractivity contribution in [1.29, 1.82) is 0 Å². The Hall–Kier alpha value is -3.22. The first-order valence-electron chi connectivity index (χ1n) is 22.2. The summed E-state index contributed by atoms with van der Waals surface area (Å²) in [5, 5.41) is 20.7. The molecule has 0 amide bonds. The molecule has 0 spiro atoms. The Balaban J connectivity index is 2.46. The molecule has 5 N–H and O–H groups in total. The summed E-state index contributed by atoms with van der Waals surface area (Å²) in [6.07, 6.45) is 39.9. The Morgan fingerprint density at radius 1 is 0.767 bits per heavy atom. The molecule has 340 valence electrons. The van der Waals surface area contributed by atoms with E-state index < -0.39 is 44.7 Å². The summed E-state index contributed by atoms with van der Waals surface area (Å²) in [7, 11) is -4.47. The van der Waals surface area contributed by atoms with Gasteiger partial charge in [0.05, 0.1) is 25.4 Å². The van der Waals surface area contributed by atoms with E-state index in [1.807, 2.05) is 24.3 Å². The van der Waals surface area contributed by atoms with Crippen LogP contribution in [0.25, 0.3) is 0 Å². The van der Waals surface area contributed by atoms with E-state index in [4.69, 9.17) is 24.3 Å². The lowest BCUT2D eigenvalue weighted by Gasteiger charge is -2.19. The Bertz CT molecular complexity index is 1420. The average molecular weight is 862 g/mol. The molecule has 6 atom stereocenters. The SMILES string of the molecule is CCCCC/C=C\C/C=C\C/C=C\C/C=C\C/C=C\CCC(=O)O[C@H](COC(=O)CCC/C=C\C[C@H]1C(=O)C[C@@H](O)[C@@H]1/C=C/[C@@H](O)CCCCC)COP(=O)(O)OCCN. The topological polar surface area (TPSA) is 192 Å². The van der Waals surface area contributed by atoms with E-state index in [0.717, 1.165) is 51.4 Å². The quantitative estimate of drug-likeness (QED) is 0.0202. The minimum atomic E-state index is -4.47. The maximum atomic E-state index is 12.6. The third kappa shape index (κ3) is 29.9. The van der Waals surface area contributed by atoms with E-state index in [2.05, 4.69) is 62.5 Å². The van der Waals surface area contributed by atoms with E-state index in [1.165, 1.54) is 19.3 Å². The molecule has 12 nitrogen and oxygen atoms in total. The summed E-state index contributed by atoms with van der Waals surface area (Å²) in [5.41, 5.74) is 5.34. The lowest BCUT2D eigenvalue weighted by molar-refractivity contribution is -0.161. The number of nitrogens with two attached hydrogens (primary N) is 1. The van der Waals surface area contributed by atoms with E-state index in [0.29, 0.717) is 32.1 Å². The van der Waals surface area contributed by atoms with Crippen LogP contribution < -0.4 is 5.73 Å². The molecule has 0 aliphatic heterocycles. The van der Waals surface area contributed by atoms with Gasteiger partial charge < -0.3 is 30.3 Å². The number of allylic oxidation sites excluding steroid dienone is 12. The minimum Gasteiger partial charge on any atom is -0.462 e. The van der Waals surface area contributed by atoms with E-state index in [1.54, 1.807) is 12.2 Å². The largest absolute Gasteiger partial charge is 0.472 e. The fourth-order valence-corrected chi connectivity index (χ4v) is 7.01. The second-order valence-corrected chi connectivity index (χ2v) is 16.4. The van der Waals surface area contributed by atoms with E-state index in [9.17, 15) is 34.1 Å². The Morgan fingerprint density at radius 2 is 1.35 bits per heavy atom. The number of Topliss-reactive ketones (excluding diaryl/α,β-unsaturated/α-hetero) is 1. The second-order valence-electron chi connectivity index (χ2n) is 15.0. The zero-order valence-electron chi connectivity index (χ0n) is 36.4. The van der Waals surface area contributed by atoms with Crippen LogP contribution in [-0.4, -0.2) is 77.5 Å². The number of ether oxygens (including phenoxy) is 2. The molecule has 60 heavy (non-hydrogen) atoms. The standard InChI is InChI=1S/C47H76NO11P/c1-3-5-7-8-9-10-11-12-13-14-15-16-17-18-19-20-21-22-28-32-47(53)59-41(39-58-60(54,55)57-36-35-48)38-56-46(52)31-27-24-23-26-30-42-43(45(51)37-44(42)50)34-33-40(49)29-25-6-4-2/h9-10,12-13,15-16,18-19,21-23,26,33-34,40-43,45,49,51H,3-8,11,14,17,20,24-25,27-32,35-39,48H2,1-2H3,(H,54,55)/b10-9-,13-12-,16-15-,19-18-,22-21-,26-23-,34-33+/t40-,41+,42+,43+,45+/m0/s1. The van der Waals surface area contributed by atoms with Crippen LogP contribution in [0.4, 0.5) is 0 Å². The summed E-state index contributed by atoms with van der Waals surface area (Å²) in [6.45, 7) is 3.18. The molecule has 0 heterocycles. The van der Waals surface area contributed by atoms with Gasteiger partial charge >= 0.3 is 19.8 Å². The number of aliphatic hydroxyl groups excluding tert-OH is 2. The molecular weight excluding hydrogens is 785 g/mol. The fraction of sp³-hybridized carbons (Fsp3) is 0.638. The highest BCUT2D eigenvalue weighted by Gasteiger charge is 2.39. The van der Waals surface area contributed by atoms with Gasteiger partial charge in [0.25, 0.3) is 0 Å². The van der Waals surface area contributed by atoms with Crippen molar-refractivity contribution in [3.05, 3.63) is 85.1 Å². The number of ketones is 1. The molecular formula is C47H76NO11P. The van der Waals surface area contributed by atoms with E-state index in [-0.39, 0.29) is 56.6 Å². The van der Waals surface area contributed by atoms with Gasteiger partial charge in [-0.15, -0.1) is 0 Å². The zero-order valence-corrected chi connectivity index (χ0v) is 37.3. The van der Waals surface area contributed by atoms with Crippen LogP contribution in [0, 0.1) is 11.8 Å². The van der Waals surface area contributed by atoms with Gasteiger partial charge in [-0.1, -0.05) is 131 Å². The Labute approximate surface area is 360 Å². The van der Waals surface area contributed by atoms with Gasteiger partial charge in [-0.2, -0.15) is 0 Å². The van der Waals surface area contributed by atoms with Crippen LogP contribution in [0.15, 0.2) is 85.1 Å². The zero-order chi connectivity index (χ0) is 44.1. The van der Waals surface area contributed by atoms with E-state index >= 15 is 0 Å². The Morgan fingerprint density at radius 3 is 1.98 bits per heavy atom. The van der Waals surface area contributed by atoms with Crippen molar-refractivity contribution in [1.82, 2.24) is 0 Å². The number of esters is 2. The number of hydrogen-bond acceptors (Lipinski definition) is 11. The van der Waals surface area contributed by atoms with Crippen molar-refractivity contribution < 1.29 is 52.6 Å². The van der Waals surface area contributed by atoms with Crippen molar-refractivity contribution in [2.24, 2.45) is 17.6 Å². The molecule has 1 saturated carbocycles. The van der Waals surface area contributed by atoms with Crippen molar-refractivity contribution >= 4 is 25.5 Å². The lowest BCUT2D eigenvalue weighted by atomic mass is 9.90. The number of aliphatic hydroxyl groups is 2. The maximum Gasteiger partial charge on any atom is 0.472 e. The molecule has 0 aromatic heterocycles. The maximum absolute atomic E-state index is 12.6. The first kappa shape index (κ1) is 54.8. The van der Waals surface area contributed by atoms with Gasteiger partial charge in [0.2, 0.25) is 0 Å². The highest BCUT2D eigenvalue weighted by atomic mass is 31.2. The predicted octanol–water partition coefficient (Wildman–Crippen LogP) is 9.42. The number of carbonyl (C=O) groups is 3. The van der Waals surface area contributed by atoms with Crippen LogP contribution in [0.5, 0.6) is 0 Å². The van der Waals surface area contributed by atoms with Crippen molar-refractivity contribution in [3.63, 3.8) is 0 Å². The van der Waals surface area contributed by atoms with Gasteiger partial charge in [-0.25, -0.2) is 4.57 Å². The monoisotopic (exact) mass is 862 g/mol. The van der Waals surface area contributed by atoms with Gasteiger partial charge in [-0.3, -0.25) is 23.4 Å². The van der Waals surface area contributed by atoms with Crippen LogP contribution in [0.1, 0.15) is 136 Å². The second kappa shape index (κ2) is 36.4. The lowest BCUT2D eigenvalue weighted by Crippen LogP contribution is -2.29. The first-order chi connectivity index (χ1) is 29.0. The average Bonchev–Trinajstić information content (AvgIpc) is 3.49. The number of rotatable bonds is 36. The van der Waals surface area contributed by atoms with Crippen LogP contribution in [0.3, 0.4) is 0 Å². The molecule has 1 fully saturated rings. The summed E-state index contributed by atoms with van der Waals surface area (Å²) in [6, 6.07) is 0. The molecule has 0 aromatic rings. The third-order valence-corrected chi connectivity index (χ3v) is 10.6. The molecule has 13 heteroatoms. The van der Waals surface area contributed by atoms with Crippen molar-refractivity contribution in [3.8, 4) is 0 Å². The van der Waals surface area contributed by atoms with Crippen LogP contribution in [0.2, 0.25) is 0 Å². The number of phosphoric acid groups is 1. The smallest absolute Gasteiger partial charge is 0.462 e. The highest BCUT2D eigenvalue weighted by Crippen LogP contribution is 2.43. The Kier molecular flexibility index (Phi) is 33.3. The van der Waals surface area contributed by atoms with Gasteiger partial charge in [0.15, 0.2) is 6.10 Å². The first-order valence-corrected chi connectivity index (χ1v) is 23.7. The molecule has 1 unspecified atom stereocenters. The molecule has 0 saturated heterocycles. The number of hydrogen-bond donors (Lipinski definition) is 4. The summed E-state index contributed by atoms with van der Waals surface area (Å²) >= 11 is 0. The molecule has 1 aliphatic carbocycles. The molecule has 1 rings (SSSR count). The third-order valence-electron chi connectivity index (χ3n) is 9.64. The summed E-state index contributed by atoms with van der Waals surface area (Å²) in [5.74, 6) is -1.87. The summed E-state index contributed by atoms with van der Waals surface area (Å²) < 4.78 is 32.6. The normalized spacial score (nSPS) is 19.6. The van der Waals surface area contributed by atoms with Crippen molar-refractivity contribution in [2.45, 2.75) is 154 Å². The van der Waals surface area contributed by atoms with Crippen LogP contribution >= 0.6 is 7.82 Å². The molecule has 0 radical (unpaired) electrons. The molecule has 1 aliphatic rings. The highest BCUT2D eigenvalue weighted by molar-refractivity contribution is 7.47. The van der Waals surface area contributed by atoms with Gasteiger partial charge in [0, 0.05) is 37.6 Å². The minimum absolute atomic E-state index is 0.000978.